The number of nitrogens with one attached hydrogen (secondary N) is 1. The third-order valence-electron chi connectivity index (χ3n) is 11.5. The minimum absolute atomic E-state index is 0.319. The lowest BCUT2D eigenvalue weighted by Gasteiger charge is -2.42. The lowest BCUT2D eigenvalue weighted by atomic mass is 9.76. The monoisotopic (exact) mass is 726 g/mol. The molecule has 1 aromatic heterocycles. The number of rotatable bonds is 9. The fraction of sp³-hybridized carbons (Fsp3) is 0.462. The number of carboxylic acid groups (broad SMARTS) is 1. The summed E-state index contributed by atoms with van der Waals surface area (Å²) in [5, 5.41) is 15.7. The Morgan fingerprint density at radius 1 is 0.750 bits per heavy atom. The first-order valence-electron chi connectivity index (χ1n) is 17.7. The number of nitrogens with zero attached hydrogens (tertiary/aromatic N) is 3. The number of halogens is 6. The predicted octanol–water partition coefficient (Wildman–Crippen LogP) is 7.75. The molecule has 7 rings (SSSR count). The van der Waals surface area contributed by atoms with Crippen LogP contribution in [0.4, 0.5) is 26.3 Å². The Bertz CT molecular complexity index is 1970. The van der Waals surface area contributed by atoms with Crippen molar-refractivity contribution in [1.29, 1.82) is 0 Å². The summed E-state index contributed by atoms with van der Waals surface area (Å²) >= 11 is 0. The number of hydrogen-bond donors (Lipinski definition) is 2. The van der Waals surface area contributed by atoms with Crippen LogP contribution in [0.2, 0.25) is 0 Å². The maximum atomic E-state index is 14.4. The van der Waals surface area contributed by atoms with Gasteiger partial charge in [0.15, 0.2) is 0 Å². The molecule has 4 aromatic rings. The van der Waals surface area contributed by atoms with Crippen LogP contribution in [0.15, 0.2) is 66.9 Å². The van der Waals surface area contributed by atoms with Crippen LogP contribution < -0.4 is 5.32 Å². The molecule has 0 radical (unpaired) electrons. The van der Waals surface area contributed by atoms with Gasteiger partial charge in [-0.1, -0.05) is 60.7 Å². The second kappa shape index (κ2) is 13.6. The molecule has 2 N–H and O–H groups in total. The van der Waals surface area contributed by atoms with Crippen molar-refractivity contribution in [2.45, 2.75) is 69.9 Å². The average molecular weight is 727 g/mol. The number of pyridine rings is 1. The Morgan fingerprint density at radius 3 is 1.98 bits per heavy atom. The molecule has 1 atom stereocenters. The van der Waals surface area contributed by atoms with Gasteiger partial charge < -0.3 is 10.4 Å². The molecule has 3 heterocycles. The van der Waals surface area contributed by atoms with Crippen LogP contribution in [0.1, 0.15) is 49.7 Å². The van der Waals surface area contributed by atoms with Gasteiger partial charge in [-0.2, -0.15) is 26.3 Å². The number of carbonyl (C=O) groups is 2. The zero-order valence-electron chi connectivity index (χ0n) is 28.5. The van der Waals surface area contributed by atoms with Crippen LogP contribution >= 0.6 is 0 Å². The zero-order chi connectivity index (χ0) is 36.9. The van der Waals surface area contributed by atoms with E-state index in [9.17, 15) is 41.0 Å². The number of piperidine rings is 2. The Balaban J connectivity index is 1.14. The lowest BCUT2D eigenvalue weighted by Crippen LogP contribution is -2.59. The van der Waals surface area contributed by atoms with Crippen molar-refractivity contribution in [2.24, 2.45) is 10.8 Å². The van der Waals surface area contributed by atoms with E-state index >= 15 is 0 Å². The van der Waals surface area contributed by atoms with E-state index in [0.29, 0.717) is 16.4 Å². The number of aromatic nitrogens is 1. The summed E-state index contributed by atoms with van der Waals surface area (Å²) < 4.78 is 82.0. The summed E-state index contributed by atoms with van der Waals surface area (Å²) in [6, 6.07) is 17.2. The molecule has 2 saturated heterocycles. The van der Waals surface area contributed by atoms with Crippen LogP contribution in [0, 0.1) is 10.8 Å². The molecule has 0 bridgehead atoms. The topological polar surface area (TPSA) is 85.8 Å². The number of likely N-dealkylation sites (tertiary alicyclic amines) is 2. The molecule has 1 amide bonds. The van der Waals surface area contributed by atoms with E-state index in [1.807, 2.05) is 42.6 Å². The van der Waals surface area contributed by atoms with E-state index in [1.165, 1.54) is 25.7 Å². The Morgan fingerprint density at radius 2 is 1.35 bits per heavy atom. The highest BCUT2D eigenvalue weighted by molar-refractivity contribution is 6.05. The molecule has 1 spiro atoms. The minimum atomic E-state index is -5.10. The molecule has 1 aliphatic carbocycles. The van der Waals surface area contributed by atoms with Crippen LogP contribution in [-0.2, 0) is 22.6 Å². The third kappa shape index (κ3) is 7.21. The van der Waals surface area contributed by atoms with Crippen molar-refractivity contribution < 1.29 is 41.0 Å². The van der Waals surface area contributed by atoms with Gasteiger partial charge in [0.2, 0.25) is 5.91 Å². The van der Waals surface area contributed by atoms with Crippen molar-refractivity contribution in [3.63, 3.8) is 0 Å². The molecule has 52 heavy (non-hydrogen) atoms. The fourth-order valence-electron chi connectivity index (χ4n) is 8.16. The van der Waals surface area contributed by atoms with Gasteiger partial charge in [0.25, 0.3) is 0 Å². The van der Waals surface area contributed by atoms with Gasteiger partial charge >= 0.3 is 18.3 Å². The normalized spacial score (nSPS) is 19.9. The van der Waals surface area contributed by atoms with E-state index in [1.54, 1.807) is 18.2 Å². The van der Waals surface area contributed by atoms with E-state index in [-0.39, 0.29) is 6.42 Å². The number of amides is 1. The number of aliphatic carboxylic acids is 1. The molecule has 3 aliphatic rings. The number of benzene rings is 3. The lowest BCUT2D eigenvalue weighted by molar-refractivity contribution is -0.236. The van der Waals surface area contributed by atoms with Crippen molar-refractivity contribution in [3.05, 3.63) is 78.0 Å². The second-order valence-corrected chi connectivity index (χ2v) is 14.8. The predicted molar refractivity (Wildman–Crippen MR) is 184 cm³/mol. The quantitative estimate of drug-likeness (QED) is 0.172. The molecular formula is C39H40F6N4O3. The van der Waals surface area contributed by atoms with Gasteiger partial charge in [-0.05, 0) is 97.4 Å². The summed E-state index contributed by atoms with van der Waals surface area (Å²) in [5.74, 6) is -3.08. The van der Waals surface area contributed by atoms with Crippen molar-refractivity contribution >= 4 is 33.4 Å². The molecular weight excluding hydrogens is 686 g/mol. The van der Waals surface area contributed by atoms with Gasteiger partial charge in [0, 0.05) is 30.1 Å². The molecule has 7 nitrogen and oxygen atoms in total. The first kappa shape index (κ1) is 36.1. The maximum Gasteiger partial charge on any atom is 0.403 e. The van der Waals surface area contributed by atoms with Gasteiger partial charge in [-0.3, -0.25) is 19.6 Å². The Hall–Kier alpha value is -4.23. The highest BCUT2D eigenvalue weighted by Crippen LogP contribution is 2.53. The van der Waals surface area contributed by atoms with E-state index in [2.05, 4.69) is 16.3 Å². The van der Waals surface area contributed by atoms with Gasteiger partial charge in [0.05, 0.1) is 12.2 Å². The molecule has 2 aliphatic heterocycles. The number of hydrogen-bond acceptors (Lipinski definition) is 5. The standard InChI is InChI=1S/C39H40F6N4O3/c40-38(41,42)24-49-19-15-37(16-20-49,39(43,44)45)35(52)47-32(34(50)51)21-25-5-3-9-29-27(25)8-4-10-31(29)33-30-7-2-1-6-28(30)26(22-46-33)23-48-17-13-36(11-12-36)14-18-48/h1-10,22,32H,11-21,23-24H2,(H,47,52)(H,50,51)/t32-/m0/s1. The second-order valence-electron chi connectivity index (χ2n) is 14.8. The highest BCUT2D eigenvalue weighted by Gasteiger charge is 2.61. The first-order valence-corrected chi connectivity index (χ1v) is 17.7. The van der Waals surface area contributed by atoms with E-state index in [0.717, 1.165) is 57.5 Å². The van der Waals surface area contributed by atoms with Gasteiger partial charge in [-0.25, -0.2) is 4.79 Å². The zero-order valence-corrected chi connectivity index (χ0v) is 28.5. The summed E-state index contributed by atoms with van der Waals surface area (Å²) in [6.07, 6.45) is -4.79. The highest BCUT2D eigenvalue weighted by atomic mass is 19.4. The van der Waals surface area contributed by atoms with Gasteiger partial charge in [-0.15, -0.1) is 0 Å². The van der Waals surface area contributed by atoms with E-state index in [4.69, 9.17) is 4.98 Å². The summed E-state index contributed by atoms with van der Waals surface area (Å²) in [5.41, 5.74) is 0.733. The molecule has 1 saturated carbocycles. The third-order valence-corrected chi connectivity index (χ3v) is 11.5. The largest absolute Gasteiger partial charge is 0.480 e. The minimum Gasteiger partial charge on any atom is -0.480 e. The van der Waals surface area contributed by atoms with Crippen LogP contribution in [0.5, 0.6) is 0 Å². The number of carboxylic acids is 1. The Kier molecular flexibility index (Phi) is 9.48. The SMILES string of the molecule is O=C(O)[C@H](Cc1cccc2c(-c3ncc(CN4CCC5(CC4)CC5)c4ccccc34)cccc12)NC(=O)C1(C(F)(F)F)CCN(CC(F)(F)F)CC1. The summed E-state index contributed by atoms with van der Waals surface area (Å²) in [4.78, 5) is 34.0. The van der Waals surface area contributed by atoms with Crippen LogP contribution in [0.3, 0.4) is 0 Å². The van der Waals surface area contributed by atoms with Crippen molar-refractivity contribution in [3.8, 4) is 11.3 Å². The smallest absolute Gasteiger partial charge is 0.403 e. The average Bonchev–Trinajstić information content (AvgIpc) is 3.86. The summed E-state index contributed by atoms with van der Waals surface area (Å²) in [7, 11) is 0. The molecule has 3 fully saturated rings. The number of fused-ring (bicyclic) bond motifs is 2. The van der Waals surface area contributed by atoms with E-state index < -0.39 is 68.2 Å². The Labute approximate surface area is 297 Å². The fourth-order valence-corrected chi connectivity index (χ4v) is 8.16. The van der Waals surface area contributed by atoms with Crippen molar-refractivity contribution in [1.82, 2.24) is 20.1 Å². The van der Waals surface area contributed by atoms with Crippen LogP contribution in [0.25, 0.3) is 32.8 Å². The number of carbonyl (C=O) groups excluding carboxylic acids is 1. The molecule has 0 unspecified atom stereocenters. The maximum absolute atomic E-state index is 14.4. The van der Waals surface area contributed by atoms with Crippen LogP contribution in [-0.4, -0.2) is 82.9 Å². The molecule has 276 valence electrons. The first-order chi connectivity index (χ1) is 24.7. The molecule has 3 aromatic carbocycles. The molecule has 13 heteroatoms. The van der Waals surface area contributed by atoms with Crippen molar-refractivity contribution in [2.75, 3.05) is 32.7 Å². The number of alkyl halides is 6. The summed E-state index contributed by atoms with van der Waals surface area (Å²) in [6.45, 7) is 0.318. The van der Waals surface area contributed by atoms with Gasteiger partial charge in [0.1, 0.15) is 11.5 Å².